The lowest BCUT2D eigenvalue weighted by molar-refractivity contribution is 1.06. The van der Waals surface area contributed by atoms with Crippen molar-refractivity contribution in [3.63, 3.8) is 0 Å². The minimum absolute atomic E-state index is 0.663. The molecule has 0 aliphatic heterocycles. The van der Waals surface area contributed by atoms with Crippen LogP contribution in [0.4, 0.5) is 0 Å². The molecule has 0 unspecified atom stereocenters. The van der Waals surface area contributed by atoms with Crippen LogP contribution in [0, 0.1) is 0 Å². The molecule has 0 saturated carbocycles. The number of aromatic nitrogens is 4. The van der Waals surface area contributed by atoms with Crippen molar-refractivity contribution >= 4 is 55.5 Å². The molecule has 0 radical (unpaired) electrons. The SMILES string of the molecule is Clc1ccc(-n2c3ccccc3c3ccccc32)c(-n2c3ncccc3c3cccnc32)c1. The number of halogens is 1. The molecule has 7 aromatic rings. The second-order valence-electron chi connectivity index (χ2n) is 8.09. The number of fused-ring (bicyclic) bond motifs is 6. The summed E-state index contributed by atoms with van der Waals surface area (Å²) in [6.45, 7) is 0. The van der Waals surface area contributed by atoms with Crippen LogP contribution < -0.4 is 0 Å². The molecule has 4 heterocycles. The third-order valence-corrected chi connectivity index (χ3v) is 6.52. The predicted molar refractivity (Wildman–Crippen MR) is 136 cm³/mol. The molecule has 0 atom stereocenters. The summed E-state index contributed by atoms with van der Waals surface area (Å²) in [6, 6.07) is 31.1. The van der Waals surface area contributed by atoms with Crippen molar-refractivity contribution in [2.75, 3.05) is 0 Å². The molecule has 5 heteroatoms. The normalized spacial score (nSPS) is 11.8. The van der Waals surface area contributed by atoms with E-state index < -0.39 is 0 Å². The van der Waals surface area contributed by atoms with Crippen LogP contribution in [0.5, 0.6) is 0 Å². The molecule has 156 valence electrons. The summed E-state index contributed by atoms with van der Waals surface area (Å²) in [5.41, 5.74) is 5.96. The van der Waals surface area contributed by atoms with Gasteiger partial charge in [0.15, 0.2) is 0 Å². The van der Waals surface area contributed by atoms with Gasteiger partial charge in [0.05, 0.1) is 22.4 Å². The third-order valence-electron chi connectivity index (χ3n) is 6.29. The highest BCUT2D eigenvalue weighted by Gasteiger charge is 2.20. The van der Waals surface area contributed by atoms with Crippen molar-refractivity contribution in [3.8, 4) is 11.4 Å². The summed E-state index contributed by atoms with van der Waals surface area (Å²) in [4.78, 5) is 9.48. The van der Waals surface area contributed by atoms with Crippen molar-refractivity contribution in [1.29, 1.82) is 0 Å². The second kappa shape index (κ2) is 6.92. The molecular weight excluding hydrogens is 428 g/mol. The fourth-order valence-corrected chi connectivity index (χ4v) is 5.11. The Kier molecular flexibility index (Phi) is 3.87. The van der Waals surface area contributed by atoms with Gasteiger partial charge in [0, 0.05) is 39.0 Å². The van der Waals surface area contributed by atoms with Crippen LogP contribution in [-0.2, 0) is 0 Å². The van der Waals surface area contributed by atoms with Crippen LogP contribution in [0.25, 0.3) is 55.2 Å². The monoisotopic (exact) mass is 444 g/mol. The van der Waals surface area contributed by atoms with E-state index in [0.717, 1.165) is 44.5 Å². The Hall–Kier alpha value is -4.15. The lowest BCUT2D eigenvalue weighted by Gasteiger charge is -2.16. The Morgan fingerprint density at radius 1 is 0.515 bits per heavy atom. The van der Waals surface area contributed by atoms with E-state index in [2.05, 4.69) is 75.9 Å². The maximum atomic E-state index is 6.57. The van der Waals surface area contributed by atoms with Crippen molar-refractivity contribution in [2.45, 2.75) is 0 Å². The summed E-state index contributed by atoms with van der Waals surface area (Å²) in [6.07, 6.45) is 3.64. The Morgan fingerprint density at radius 2 is 1.06 bits per heavy atom. The first-order chi connectivity index (χ1) is 16.3. The molecule has 7 rings (SSSR count). The highest BCUT2D eigenvalue weighted by molar-refractivity contribution is 6.31. The molecule has 33 heavy (non-hydrogen) atoms. The molecule has 0 fully saturated rings. The van der Waals surface area contributed by atoms with Gasteiger partial charge in [-0.05, 0) is 54.6 Å². The Balaban J connectivity index is 1.67. The first kappa shape index (κ1) is 18.4. The van der Waals surface area contributed by atoms with Gasteiger partial charge in [-0.2, -0.15) is 0 Å². The maximum absolute atomic E-state index is 6.57. The lowest BCUT2D eigenvalue weighted by Crippen LogP contribution is -2.04. The molecule has 0 saturated heterocycles. The minimum Gasteiger partial charge on any atom is -0.307 e. The van der Waals surface area contributed by atoms with Gasteiger partial charge >= 0.3 is 0 Å². The van der Waals surface area contributed by atoms with Gasteiger partial charge in [-0.3, -0.25) is 4.57 Å². The zero-order chi connectivity index (χ0) is 21.9. The number of hydrogen-bond acceptors (Lipinski definition) is 2. The average molecular weight is 445 g/mol. The first-order valence-electron chi connectivity index (χ1n) is 10.8. The smallest absolute Gasteiger partial charge is 0.146 e. The van der Waals surface area contributed by atoms with Crippen LogP contribution in [0.1, 0.15) is 0 Å². The van der Waals surface area contributed by atoms with E-state index in [-0.39, 0.29) is 0 Å². The zero-order valence-corrected chi connectivity index (χ0v) is 18.2. The van der Waals surface area contributed by atoms with Crippen LogP contribution in [0.3, 0.4) is 0 Å². The number of nitrogens with zero attached hydrogens (tertiary/aromatic N) is 4. The average Bonchev–Trinajstić information content (AvgIpc) is 3.37. The Labute approximate surface area is 194 Å². The van der Waals surface area contributed by atoms with E-state index in [4.69, 9.17) is 21.6 Å². The topological polar surface area (TPSA) is 35.6 Å². The summed E-state index contributed by atoms with van der Waals surface area (Å²) >= 11 is 6.57. The van der Waals surface area contributed by atoms with Gasteiger partial charge in [0.1, 0.15) is 11.3 Å². The highest BCUT2D eigenvalue weighted by atomic mass is 35.5. The van der Waals surface area contributed by atoms with E-state index in [1.54, 1.807) is 0 Å². The van der Waals surface area contributed by atoms with Crippen molar-refractivity contribution < 1.29 is 0 Å². The number of benzene rings is 3. The van der Waals surface area contributed by atoms with E-state index >= 15 is 0 Å². The summed E-state index contributed by atoms with van der Waals surface area (Å²) in [5.74, 6) is 0. The standard InChI is InChI=1S/C28H17ClN4/c29-18-13-14-25(32-23-11-3-1-7-19(23)20-8-2-4-12-24(20)32)26(17-18)33-27-21(9-5-15-30-27)22-10-6-16-31-28(22)33/h1-17H. The minimum atomic E-state index is 0.663. The van der Waals surface area contributed by atoms with Crippen molar-refractivity contribution in [1.82, 2.24) is 19.1 Å². The maximum Gasteiger partial charge on any atom is 0.146 e. The Morgan fingerprint density at radius 3 is 1.67 bits per heavy atom. The number of para-hydroxylation sites is 2. The lowest BCUT2D eigenvalue weighted by atomic mass is 10.2. The third kappa shape index (κ3) is 2.58. The quantitative estimate of drug-likeness (QED) is 0.280. The highest BCUT2D eigenvalue weighted by Crippen LogP contribution is 2.37. The van der Waals surface area contributed by atoms with Crippen LogP contribution in [0.2, 0.25) is 5.02 Å². The van der Waals surface area contributed by atoms with E-state index in [9.17, 15) is 0 Å². The van der Waals surface area contributed by atoms with Gasteiger partial charge in [-0.15, -0.1) is 0 Å². The fourth-order valence-electron chi connectivity index (χ4n) is 4.95. The number of rotatable bonds is 2. The molecule has 0 aliphatic carbocycles. The first-order valence-corrected chi connectivity index (χ1v) is 11.2. The Bertz CT molecular complexity index is 1740. The van der Waals surface area contributed by atoms with Crippen LogP contribution in [-0.4, -0.2) is 19.1 Å². The number of pyridine rings is 2. The summed E-state index contributed by atoms with van der Waals surface area (Å²) in [7, 11) is 0. The molecule has 4 nitrogen and oxygen atoms in total. The van der Waals surface area contributed by atoms with Gasteiger partial charge in [0.25, 0.3) is 0 Å². The summed E-state index contributed by atoms with van der Waals surface area (Å²) < 4.78 is 4.43. The number of hydrogen-bond donors (Lipinski definition) is 0. The van der Waals surface area contributed by atoms with E-state index in [0.29, 0.717) is 5.02 Å². The molecule has 0 bridgehead atoms. The molecular formula is C28H17ClN4. The summed E-state index contributed by atoms with van der Waals surface area (Å²) in [5, 5.41) is 5.22. The van der Waals surface area contributed by atoms with Gasteiger partial charge < -0.3 is 4.57 Å². The second-order valence-corrected chi connectivity index (χ2v) is 8.52. The molecule has 3 aromatic carbocycles. The zero-order valence-electron chi connectivity index (χ0n) is 17.5. The predicted octanol–water partition coefficient (Wildman–Crippen LogP) is 7.32. The van der Waals surface area contributed by atoms with Gasteiger partial charge in [0.2, 0.25) is 0 Å². The largest absolute Gasteiger partial charge is 0.307 e. The molecule has 0 N–H and O–H groups in total. The molecule has 0 spiro atoms. The fraction of sp³-hybridized carbons (Fsp3) is 0. The molecule has 4 aromatic heterocycles. The van der Waals surface area contributed by atoms with Gasteiger partial charge in [-0.25, -0.2) is 9.97 Å². The van der Waals surface area contributed by atoms with E-state index in [1.807, 2.05) is 36.7 Å². The molecule has 0 aliphatic rings. The molecule has 0 amide bonds. The van der Waals surface area contributed by atoms with Crippen LogP contribution in [0.15, 0.2) is 103 Å². The van der Waals surface area contributed by atoms with Crippen molar-refractivity contribution in [3.05, 3.63) is 108 Å². The van der Waals surface area contributed by atoms with Crippen molar-refractivity contribution in [2.24, 2.45) is 0 Å². The van der Waals surface area contributed by atoms with Crippen LogP contribution >= 0.6 is 11.6 Å². The van der Waals surface area contributed by atoms with Gasteiger partial charge in [-0.1, -0.05) is 48.0 Å². The van der Waals surface area contributed by atoms with E-state index in [1.165, 1.54) is 10.8 Å².